The molecule has 3 aromatic rings. The topological polar surface area (TPSA) is 103 Å². The zero-order valence-electron chi connectivity index (χ0n) is 24.1. The number of amides is 4. The number of urea groups is 1. The van der Waals surface area contributed by atoms with Crippen LogP contribution in [0.15, 0.2) is 64.6 Å². The van der Waals surface area contributed by atoms with E-state index in [4.69, 9.17) is 30.5 Å². The summed E-state index contributed by atoms with van der Waals surface area (Å²) in [5.41, 5.74) is 1.85. The smallest absolute Gasteiger partial charge is 0.331 e. The molecule has 4 amide bonds. The molecule has 0 atom stereocenters. The summed E-state index contributed by atoms with van der Waals surface area (Å²) in [6.45, 7) is 7.19. The highest BCUT2D eigenvalue weighted by atomic mass is 79.9. The quantitative estimate of drug-likeness (QED) is 0.155. The number of imide groups is 2. The first-order valence-corrected chi connectivity index (χ1v) is 15.0. The standard InChI is InChI=1S/C32H32BrClN2O7/c1-4-13-42-26-12-9-21(16-27(26)40-5-2)18-36-31(38)24(30(37)35-32(36)39)14-22-15-25(33)29(28(17-22)41-6-3)43-19-20-7-10-23(34)11-8-20/h7-12,14-17H,4-6,13,18-19H2,1-3H3,(H,35,37,39)/b24-14+. The Labute approximate surface area is 263 Å². The Morgan fingerprint density at radius 2 is 1.53 bits per heavy atom. The van der Waals surface area contributed by atoms with Crippen molar-refractivity contribution in [3.8, 4) is 23.0 Å². The van der Waals surface area contributed by atoms with Gasteiger partial charge in [0.2, 0.25) is 0 Å². The first-order chi connectivity index (χ1) is 20.7. The van der Waals surface area contributed by atoms with Gasteiger partial charge in [-0.2, -0.15) is 0 Å². The van der Waals surface area contributed by atoms with E-state index < -0.39 is 17.8 Å². The van der Waals surface area contributed by atoms with E-state index in [0.717, 1.165) is 16.9 Å². The number of halogens is 2. The van der Waals surface area contributed by atoms with E-state index in [2.05, 4.69) is 21.2 Å². The molecule has 0 aliphatic carbocycles. The lowest BCUT2D eigenvalue weighted by molar-refractivity contribution is -0.130. The highest BCUT2D eigenvalue weighted by Crippen LogP contribution is 2.38. The van der Waals surface area contributed by atoms with Crippen LogP contribution in [0, 0.1) is 0 Å². The lowest BCUT2D eigenvalue weighted by Crippen LogP contribution is -2.53. The van der Waals surface area contributed by atoms with Gasteiger partial charge in [0, 0.05) is 5.02 Å². The number of hydrogen-bond donors (Lipinski definition) is 1. The highest BCUT2D eigenvalue weighted by Gasteiger charge is 2.36. The van der Waals surface area contributed by atoms with Crippen LogP contribution >= 0.6 is 27.5 Å². The zero-order chi connectivity index (χ0) is 30.9. The summed E-state index contributed by atoms with van der Waals surface area (Å²) in [5.74, 6) is 0.456. The summed E-state index contributed by atoms with van der Waals surface area (Å²) < 4.78 is 23.9. The van der Waals surface area contributed by atoms with Crippen LogP contribution in [0.25, 0.3) is 6.08 Å². The highest BCUT2D eigenvalue weighted by molar-refractivity contribution is 9.10. The van der Waals surface area contributed by atoms with Gasteiger partial charge in [-0.1, -0.05) is 36.7 Å². The third-order valence-electron chi connectivity index (χ3n) is 6.24. The molecule has 0 aromatic heterocycles. The summed E-state index contributed by atoms with van der Waals surface area (Å²) in [4.78, 5) is 39.9. The summed E-state index contributed by atoms with van der Waals surface area (Å²) >= 11 is 9.50. The molecule has 0 radical (unpaired) electrons. The van der Waals surface area contributed by atoms with E-state index in [0.29, 0.717) is 63.4 Å². The molecule has 0 saturated carbocycles. The Bertz CT molecular complexity index is 1520. The third kappa shape index (κ3) is 8.09. The number of nitrogens with zero attached hydrogens (tertiary/aromatic N) is 1. The van der Waals surface area contributed by atoms with Gasteiger partial charge in [-0.05, 0) is 95.4 Å². The maximum Gasteiger partial charge on any atom is 0.331 e. The summed E-state index contributed by atoms with van der Waals surface area (Å²) in [5, 5.41) is 2.89. The molecule has 43 heavy (non-hydrogen) atoms. The fourth-order valence-corrected chi connectivity index (χ4v) is 4.95. The van der Waals surface area contributed by atoms with Gasteiger partial charge in [-0.15, -0.1) is 0 Å². The zero-order valence-corrected chi connectivity index (χ0v) is 26.4. The molecule has 1 N–H and O–H groups in total. The Balaban J connectivity index is 1.58. The molecule has 3 aromatic carbocycles. The molecule has 4 rings (SSSR count). The molecule has 0 spiro atoms. The van der Waals surface area contributed by atoms with Crippen molar-refractivity contribution in [3.05, 3.63) is 86.4 Å². The van der Waals surface area contributed by atoms with Crippen LogP contribution in [0.3, 0.4) is 0 Å². The first kappa shape index (κ1) is 31.9. The molecular weight excluding hydrogens is 640 g/mol. The number of hydrogen-bond acceptors (Lipinski definition) is 7. The molecule has 1 aliphatic heterocycles. The van der Waals surface area contributed by atoms with Crippen molar-refractivity contribution in [3.63, 3.8) is 0 Å². The molecule has 1 aliphatic rings. The maximum absolute atomic E-state index is 13.5. The second-order valence-corrected chi connectivity index (χ2v) is 10.7. The van der Waals surface area contributed by atoms with Gasteiger partial charge in [0.1, 0.15) is 12.2 Å². The normalized spacial score (nSPS) is 14.1. The van der Waals surface area contributed by atoms with Crippen LogP contribution in [-0.4, -0.2) is 42.6 Å². The van der Waals surface area contributed by atoms with Gasteiger partial charge in [0.05, 0.1) is 30.8 Å². The fourth-order valence-electron chi connectivity index (χ4n) is 4.25. The molecular formula is C32H32BrClN2O7. The van der Waals surface area contributed by atoms with Gasteiger partial charge < -0.3 is 18.9 Å². The number of rotatable bonds is 13. The number of carbonyl (C=O) groups is 3. The summed E-state index contributed by atoms with van der Waals surface area (Å²) in [6, 6.07) is 15.1. The molecule has 1 fully saturated rings. The summed E-state index contributed by atoms with van der Waals surface area (Å²) in [6.07, 6.45) is 2.25. The van der Waals surface area contributed by atoms with E-state index in [1.165, 1.54) is 6.08 Å². The van der Waals surface area contributed by atoms with Crippen LogP contribution in [0.1, 0.15) is 43.9 Å². The largest absolute Gasteiger partial charge is 0.490 e. The van der Waals surface area contributed by atoms with Gasteiger partial charge in [-0.3, -0.25) is 19.8 Å². The Hall–Kier alpha value is -4.02. The minimum Gasteiger partial charge on any atom is -0.490 e. The third-order valence-corrected chi connectivity index (χ3v) is 7.08. The van der Waals surface area contributed by atoms with Crippen LogP contribution in [-0.2, 0) is 22.7 Å². The second-order valence-electron chi connectivity index (χ2n) is 9.45. The molecule has 0 unspecified atom stereocenters. The van der Waals surface area contributed by atoms with E-state index in [-0.39, 0.29) is 18.7 Å². The lowest BCUT2D eigenvalue weighted by Gasteiger charge is -2.26. The van der Waals surface area contributed by atoms with Gasteiger partial charge in [0.15, 0.2) is 23.0 Å². The van der Waals surface area contributed by atoms with E-state index in [1.54, 1.807) is 42.5 Å². The van der Waals surface area contributed by atoms with Gasteiger partial charge in [0.25, 0.3) is 11.8 Å². The second kappa shape index (κ2) is 14.9. The van der Waals surface area contributed by atoms with E-state index >= 15 is 0 Å². The van der Waals surface area contributed by atoms with Crippen LogP contribution in [0.5, 0.6) is 23.0 Å². The molecule has 9 nitrogen and oxygen atoms in total. The van der Waals surface area contributed by atoms with Crippen LogP contribution < -0.4 is 24.3 Å². The van der Waals surface area contributed by atoms with Crippen LogP contribution in [0.2, 0.25) is 5.02 Å². The number of ether oxygens (including phenoxy) is 4. The predicted octanol–water partition coefficient (Wildman–Crippen LogP) is 6.93. The average Bonchev–Trinajstić information content (AvgIpc) is 2.98. The van der Waals surface area contributed by atoms with Gasteiger partial charge in [-0.25, -0.2) is 4.79 Å². The minimum atomic E-state index is -0.807. The Kier molecular flexibility index (Phi) is 11.1. The maximum atomic E-state index is 13.5. The molecule has 11 heteroatoms. The number of carbonyl (C=O) groups excluding carboxylic acids is 3. The molecule has 226 valence electrons. The molecule has 1 heterocycles. The summed E-state index contributed by atoms with van der Waals surface area (Å²) in [7, 11) is 0. The van der Waals surface area contributed by atoms with Gasteiger partial charge >= 0.3 is 6.03 Å². The first-order valence-electron chi connectivity index (χ1n) is 13.8. The Morgan fingerprint density at radius 3 is 2.23 bits per heavy atom. The lowest BCUT2D eigenvalue weighted by atomic mass is 10.1. The van der Waals surface area contributed by atoms with Crippen LogP contribution in [0.4, 0.5) is 4.79 Å². The number of barbiturate groups is 1. The SMILES string of the molecule is CCCOc1ccc(CN2C(=O)NC(=O)/C(=C\c3cc(Br)c(OCc4ccc(Cl)cc4)c(OCC)c3)C2=O)cc1OCC. The van der Waals surface area contributed by atoms with Crippen molar-refractivity contribution in [2.75, 3.05) is 19.8 Å². The van der Waals surface area contributed by atoms with Crippen molar-refractivity contribution in [1.29, 1.82) is 0 Å². The monoisotopic (exact) mass is 670 g/mol. The Morgan fingerprint density at radius 1 is 0.837 bits per heavy atom. The molecule has 0 bridgehead atoms. The fraction of sp³-hybridized carbons (Fsp3) is 0.281. The van der Waals surface area contributed by atoms with Crippen molar-refractivity contribution in [1.82, 2.24) is 10.2 Å². The van der Waals surface area contributed by atoms with Crippen molar-refractivity contribution < 1.29 is 33.3 Å². The predicted molar refractivity (Wildman–Crippen MR) is 167 cm³/mol. The van der Waals surface area contributed by atoms with Crippen molar-refractivity contribution in [2.45, 2.75) is 40.3 Å². The number of benzene rings is 3. The van der Waals surface area contributed by atoms with E-state index in [1.807, 2.05) is 32.9 Å². The average molecular weight is 672 g/mol. The van der Waals surface area contributed by atoms with E-state index in [9.17, 15) is 14.4 Å². The van der Waals surface area contributed by atoms with Crippen molar-refractivity contribution in [2.24, 2.45) is 0 Å². The molecule has 1 saturated heterocycles. The number of nitrogens with one attached hydrogen (secondary N) is 1. The minimum absolute atomic E-state index is 0.0746. The van der Waals surface area contributed by atoms with Crippen molar-refractivity contribution >= 4 is 51.5 Å².